The first kappa shape index (κ1) is 18.2. The quantitative estimate of drug-likeness (QED) is 0.614. The lowest BCUT2D eigenvalue weighted by atomic mass is 10.2. The van der Waals surface area contributed by atoms with E-state index < -0.39 is 0 Å². The molecular formula is C15H24BrNO4. The highest BCUT2D eigenvalue weighted by Crippen LogP contribution is 2.36. The highest BCUT2D eigenvalue weighted by molar-refractivity contribution is 9.10. The molecule has 5 nitrogen and oxygen atoms in total. The SMILES string of the molecule is CCOCCOc1c(Br)cc(CNCCOC)cc1OC. The predicted molar refractivity (Wildman–Crippen MR) is 86.3 cm³/mol. The standard InChI is InChI=1S/C15H24BrNO4/c1-4-20-7-8-21-15-13(16)9-12(10-14(15)19-3)11-17-5-6-18-2/h9-10,17H,4-8,11H2,1-3H3. The Morgan fingerprint density at radius 3 is 2.62 bits per heavy atom. The zero-order chi connectivity index (χ0) is 15.5. The van der Waals surface area contributed by atoms with Crippen LogP contribution in [-0.2, 0) is 16.0 Å². The topological polar surface area (TPSA) is 49.0 Å². The fourth-order valence-electron chi connectivity index (χ4n) is 1.77. The van der Waals surface area contributed by atoms with Gasteiger partial charge in [0.05, 0.1) is 24.8 Å². The van der Waals surface area contributed by atoms with Crippen molar-refractivity contribution in [3.8, 4) is 11.5 Å². The maximum atomic E-state index is 5.72. The Balaban J connectivity index is 2.63. The van der Waals surface area contributed by atoms with Crippen LogP contribution in [0.15, 0.2) is 16.6 Å². The van der Waals surface area contributed by atoms with Gasteiger partial charge in [0.1, 0.15) is 6.61 Å². The molecule has 0 aromatic heterocycles. The Morgan fingerprint density at radius 1 is 1.14 bits per heavy atom. The maximum Gasteiger partial charge on any atom is 0.175 e. The van der Waals surface area contributed by atoms with Crippen LogP contribution in [0, 0.1) is 0 Å². The molecule has 1 rings (SSSR count). The van der Waals surface area contributed by atoms with Crippen molar-refractivity contribution in [2.24, 2.45) is 0 Å². The molecule has 0 aliphatic carbocycles. The molecule has 0 saturated heterocycles. The molecule has 0 radical (unpaired) electrons. The molecule has 0 bridgehead atoms. The average molecular weight is 362 g/mol. The van der Waals surface area contributed by atoms with E-state index >= 15 is 0 Å². The lowest BCUT2D eigenvalue weighted by molar-refractivity contribution is 0.108. The number of benzene rings is 1. The minimum absolute atomic E-state index is 0.494. The van der Waals surface area contributed by atoms with E-state index in [0.29, 0.717) is 37.9 Å². The summed E-state index contributed by atoms with van der Waals surface area (Å²) in [6.07, 6.45) is 0. The molecule has 0 fully saturated rings. The summed E-state index contributed by atoms with van der Waals surface area (Å²) >= 11 is 3.53. The van der Waals surface area contributed by atoms with Crippen molar-refractivity contribution in [2.45, 2.75) is 13.5 Å². The summed E-state index contributed by atoms with van der Waals surface area (Å²) in [5, 5.41) is 3.30. The molecule has 120 valence electrons. The van der Waals surface area contributed by atoms with Gasteiger partial charge in [-0.2, -0.15) is 0 Å². The molecular weight excluding hydrogens is 338 g/mol. The largest absolute Gasteiger partial charge is 0.493 e. The zero-order valence-electron chi connectivity index (χ0n) is 12.9. The molecule has 0 spiro atoms. The first-order chi connectivity index (χ1) is 10.2. The van der Waals surface area contributed by atoms with Crippen LogP contribution in [0.5, 0.6) is 11.5 Å². The van der Waals surface area contributed by atoms with Crippen molar-refractivity contribution in [1.82, 2.24) is 5.32 Å². The second-order valence-corrected chi connectivity index (χ2v) is 5.18. The van der Waals surface area contributed by atoms with Crippen molar-refractivity contribution >= 4 is 15.9 Å². The van der Waals surface area contributed by atoms with Crippen LogP contribution in [0.2, 0.25) is 0 Å². The van der Waals surface area contributed by atoms with Gasteiger partial charge in [0.25, 0.3) is 0 Å². The predicted octanol–water partition coefficient (Wildman–Crippen LogP) is 2.61. The molecule has 0 aliphatic heterocycles. The van der Waals surface area contributed by atoms with Crippen molar-refractivity contribution in [3.05, 3.63) is 22.2 Å². The molecule has 0 aliphatic rings. The Hall–Kier alpha value is -0.820. The third-order valence-corrected chi connectivity index (χ3v) is 3.37. The number of nitrogens with one attached hydrogen (secondary N) is 1. The van der Waals surface area contributed by atoms with Gasteiger partial charge in [-0.25, -0.2) is 0 Å². The van der Waals surface area contributed by atoms with Gasteiger partial charge in [0.2, 0.25) is 0 Å². The maximum absolute atomic E-state index is 5.72. The molecule has 6 heteroatoms. The van der Waals surface area contributed by atoms with Crippen LogP contribution in [0.4, 0.5) is 0 Å². The number of methoxy groups -OCH3 is 2. The fourth-order valence-corrected chi connectivity index (χ4v) is 2.37. The minimum atomic E-state index is 0.494. The monoisotopic (exact) mass is 361 g/mol. The Bertz CT molecular complexity index is 415. The van der Waals surface area contributed by atoms with Crippen molar-refractivity contribution in [1.29, 1.82) is 0 Å². The van der Waals surface area contributed by atoms with E-state index in [2.05, 4.69) is 21.2 Å². The lowest BCUT2D eigenvalue weighted by Gasteiger charge is -2.14. The third-order valence-electron chi connectivity index (χ3n) is 2.78. The number of hydrogen-bond acceptors (Lipinski definition) is 5. The van der Waals surface area contributed by atoms with Gasteiger partial charge in [0, 0.05) is 26.8 Å². The first-order valence-corrected chi connectivity index (χ1v) is 7.78. The smallest absolute Gasteiger partial charge is 0.175 e. The van der Waals surface area contributed by atoms with E-state index in [-0.39, 0.29) is 0 Å². The van der Waals surface area contributed by atoms with Gasteiger partial charge in [-0.05, 0) is 40.5 Å². The van der Waals surface area contributed by atoms with Crippen LogP contribution < -0.4 is 14.8 Å². The van der Waals surface area contributed by atoms with Crippen LogP contribution in [-0.4, -0.2) is 47.2 Å². The summed E-state index contributed by atoms with van der Waals surface area (Å²) in [7, 11) is 3.33. The highest BCUT2D eigenvalue weighted by Gasteiger charge is 2.11. The van der Waals surface area contributed by atoms with E-state index in [0.717, 1.165) is 23.1 Å². The van der Waals surface area contributed by atoms with Gasteiger partial charge >= 0.3 is 0 Å². The molecule has 1 aromatic rings. The van der Waals surface area contributed by atoms with E-state index in [1.807, 2.05) is 19.1 Å². The number of hydrogen-bond donors (Lipinski definition) is 1. The molecule has 0 saturated carbocycles. The third kappa shape index (κ3) is 6.65. The van der Waals surface area contributed by atoms with Gasteiger partial charge in [0.15, 0.2) is 11.5 Å². The van der Waals surface area contributed by atoms with Crippen LogP contribution in [0.25, 0.3) is 0 Å². The summed E-state index contributed by atoms with van der Waals surface area (Å²) < 4.78 is 22.3. The number of ether oxygens (including phenoxy) is 4. The zero-order valence-corrected chi connectivity index (χ0v) is 14.5. The molecule has 21 heavy (non-hydrogen) atoms. The van der Waals surface area contributed by atoms with Crippen LogP contribution >= 0.6 is 15.9 Å². The van der Waals surface area contributed by atoms with Gasteiger partial charge in [-0.15, -0.1) is 0 Å². The van der Waals surface area contributed by atoms with E-state index in [1.165, 1.54) is 0 Å². The van der Waals surface area contributed by atoms with Gasteiger partial charge < -0.3 is 24.3 Å². The van der Waals surface area contributed by atoms with E-state index in [9.17, 15) is 0 Å². The van der Waals surface area contributed by atoms with E-state index in [1.54, 1.807) is 14.2 Å². The van der Waals surface area contributed by atoms with E-state index in [4.69, 9.17) is 18.9 Å². The average Bonchev–Trinajstić information content (AvgIpc) is 2.49. The second kappa shape index (κ2) is 10.8. The lowest BCUT2D eigenvalue weighted by Crippen LogP contribution is -2.18. The molecule has 1 N–H and O–H groups in total. The Morgan fingerprint density at radius 2 is 1.95 bits per heavy atom. The summed E-state index contributed by atoms with van der Waals surface area (Å²) in [6.45, 7) is 5.95. The highest BCUT2D eigenvalue weighted by atomic mass is 79.9. The van der Waals surface area contributed by atoms with Gasteiger partial charge in [-0.1, -0.05) is 0 Å². The fraction of sp³-hybridized carbons (Fsp3) is 0.600. The Kier molecular flexibility index (Phi) is 9.41. The van der Waals surface area contributed by atoms with Crippen molar-refractivity contribution in [2.75, 3.05) is 47.2 Å². The summed E-state index contributed by atoms with van der Waals surface area (Å²) in [5.41, 5.74) is 1.12. The summed E-state index contributed by atoms with van der Waals surface area (Å²) in [6, 6.07) is 4.00. The van der Waals surface area contributed by atoms with Crippen molar-refractivity contribution < 1.29 is 18.9 Å². The summed E-state index contributed by atoms with van der Waals surface area (Å²) in [5.74, 6) is 1.42. The number of halogens is 1. The minimum Gasteiger partial charge on any atom is -0.493 e. The second-order valence-electron chi connectivity index (χ2n) is 4.32. The molecule has 1 aromatic carbocycles. The molecule has 0 heterocycles. The molecule has 0 amide bonds. The molecule has 0 atom stereocenters. The van der Waals surface area contributed by atoms with Crippen molar-refractivity contribution in [3.63, 3.8) is 0 Å². The van der Waals surface area contributed by atoms with Crippen LogP contribution in [0.1, 0.15) is 12.5 Å². The normalized spacial score (nSPS) is 10.7. The molecule has 0 unspecified atom stereocenters. The van der Waals surface area contributed by atoms with Crippen LogP contribution in [0.3, 0.4) is 0 Å². The summed E-state index contributed by atoms with van der Waals surface area (Å²) in [4.78, 5) is 0. The van der Waals surface area contributed by atoms with Gasteiger partial charge in [-0.3, -0.25) is 0 Å². The first-order valence-electron chi connectivity index (χ1n) is 6.99. The Labute approximate surface area is 135 Å². The number of rotatable bonds is 11.